The number of aliphatic hydroxyl groups is 1. The molecule has 2 aromatic carbocycles. The van der Waals surface area contributed by atoms with Crippen LogP contribution < -0.4 is 9.64 Å². The summed E-state index contributed by atoms with van der Waals surface area (Å²) in [6, 6.07) is 14.5. The number of hydrogen-bond acceptors (Lipinski definition) is 6. The maximum Gasteiger partial charge on any atom is 0.253 e. The molecule has 1 spiro atoms. The van der Waals surface area contributed by atoms with Gasteiger partial charge in [-0.1, -0.05) is 56.3 Å². The van der Waals surface area contributed by atoms with Gasteiger partial charge in [-0.2, -0.15) is 0 Å². The number of methoxy groups -OCH3 is 1. The average molecular weight is 616 g/mol. The van der Waals surface area contributed by atoms with E-state index in [1.807, 2.05) is 44.2 Å². The first kappa shape index (κ1) is 32.4. The minimum Gasteiger partial charge on any atom is -0.497 e. The first-order valence-electron chi connectivity index (χ1n) is 15.9. The molecule has 2 aromatic rings. The number of hydrogen-bond donors (Lipinski definition) is 1. The summed E-state index contributed by atoms with van der Waals surface area (Å²) in [6.07, 6.45) is 5.62. The largest absolute Gasteiger partial charge is 0.497 e. The number of benzene rings is 2. The highest BCUT2D eigenvalue weighted by Gasteiger charge is 2.79. The monoisotopic (exact) mass is 615 g/mol. The molecule has 0 radical (unpaired) electrons. The number of nitrogens with zero attached hydrogens (tertiary/aromatic N) is 3. The average Bonchev–Trinajstić information content (AvgIpc) is 3.67. The van der Waals surface area contributed by atoms with Gasteiger partial charge in [0.25, 0.3) is 5.91 Å². The lowest BCUT2D eigenvalue weighted by Crippen LogP contribution is -2.57. The maximum absolute atomic E-state index is 15.0. The van der Waals surface area contributed by atoms with Gasteiger partial charge in [-0.25, -0.2) is 0 Å². The highest BCUT2D eigenvalue weighted by Crippen LogP contribution is 2.65. The SMILES string of the molecule is C=CCN(CCC)C(=O)[C@@H]1[C@H]2C(=O)N([C@H](CO)c3ccccc3)C(C(=O)N(CC=C)c3ccc(OC)cc3)C23CC[C@@]1(CC)O3. The lowest BCUT2D eigenvalue weighted by atomic mass is 9.64. The molecular formula is C36H45N3O6. The van der Waals surface area contributed by atoms with Crippen molar-refractivity contribution in [1.29, 1.82) is 0 Å². The molecule has 3 aliphatic rings. The van der Waals surface area contributed by atoms with Gasteiger partial charge < -0.3 is 29.3 Å². The van der Waals surface area contributed by atoms with Gasteiger partial charge in [0.15, 0.2) is 0 Å². The fourth-order valence-corrected chi connectivity index (χ4v) is 7.95. The summed E-state index contributed by atoms with van der Waals surface area (Å²) in [5, 5.41) is 10.8. The Kier molecular flexibility index (Phi) is 9.51. The highest BCUT2D eigenvalue weighted by molar-refractivity contribution is 6.05. The third-order valence-electron chi connectivity index (χ3n) is 9.93. The Bertz CT molecular complexity index is 1410. The van der Waals surface area contributed by atoms with Crippen molar-refractivity contribution in [3.8, 4) is 5.75 Å². The summed E-state index contributed by atoms with van der Waals surface area (Å²) in [7, 11) is 1.58. The Hall–Kier alpha value is -3.95. The van der Waals surface area contributed by atoms with Gasteiger partial charge in [0.05, 0.1) is 37.2 Å². The molecule has 2 bridgehead atoms. The second-order valence-electron chi connectivity index (χ2n) is 12.2. The summed E-state index contributed by atoms with van der Waals surface area (Å²) >= 11 is 0. The van der Waals surface area contributed by atoms with Crippen molar-refractivity contribution in [3.63, 3.8) is 0 Å². The highest BCUT2D eigenvalue weighted by atomic mass is 16.5. The van der Waals surface area contributed by atoms with Crippen LogP contribution in [0.4, 0.5) is 5.69 Å². The van der Waals surface area contributed by atoms with Crippen LogP contribution in [0.1, 0.15) is 51.1 Å². The van der Waals surface area contributed by atoms with E-state index in [0.717, 1.165) is 6.42 Å². The Morgan fingerprint density at radius 1 is 1.07 bits per heavy atom. The summed E-state index contributed by atoms with van der Waals surface area (Å²) in [5.74, 6) is -1.83. The number of carbonyl (C=O) groups is 3. The Labute approximate surface area is 266 Å². The number of likely N-dealkylation sites (tertiary alicyclic amines) is 1. The predicted molar refractivity (Wildman–Crippen MR) is 173 cm³/mol. The van der Waals surface area contributed by atoms with Gasteiger partial charge in [-0.3, -0.25) is 14.4 Å². The maximum atomic E-state index is 15.0. The van der Waals surface area contributed by atoms with Crippen LogP contribution in [-0.4, -0.2) is 83.2 Å². The van der Waals surface area contributed by atoms with Crippen molar-refractivity contribution < 1.29 is 29.0 Å². The van der Waals surface area contributed by atoms with Crippen LogP contribution in [0.2, 0.25) is 0 Å². The van der Waals surface area contributed by atoms with E-state index in [9.17, 15) is 14.7 Å². The second-order valence-corrected chi connectivity index (χ2v) is 12.2. The second kappa shape index (κ2) is 13.2. The van der Waals surface area contributed by atoms with E-state index < -0.39 is 41.7 Å². The topological polar surface area (TPSA) is 99.6 Å². The normalized spacial score (nSPS) is 27.2. The van der Waals surface area contributed by atoms with Crippen molar-refractivity contribution in [1.82, 2.24) is 9.80 Å². The fourth-order valence-electron chi connectivity index (χ4n) is 7.95. The number of fused-ring (bicyclic) bond motifs is 1. The number of carbonyl (C=O) groups excluding carboxylic acids is 3. The van der Waals surface area contributed by atoms with Crippen molar-refractivity contribution >= 4 is 23.4 Å². The van der Waals surface area contributed by atoms with Gasteiger partial charge in [0.2, 0.25) is 11.8 Å². The Morgan fingerprint density at radius 3 is 2.33 bits per heavy atom. The first-order valence-corrected chi connectivity index (χ1v) is 15.9. The molecule has 9 nitrogen and oxygen atoms in total. The zero-order valence-electron chi connectivity index (χ0n) is 26.6. The van der Waals surface area contributed by atoms with E-state index in [0.29, 0.717) is 49.4 Å². The smallest absolute Gasteiger partial charge is 0.253 e. The van der Waals surface area contributed by atoms with Crippen molar-refractivity contribution in [2.75, 3.05) is 38.3 Å². The molecule has 3 heterocycles. The molecule has 0 aliphatic carbocycles. The fraction of sp³-hybridized carbons (Fsp3) is 0.472. The Morgan fingerprint density at radius 2 is 1.76 bits per heavy atom. The molecule has 45 heavy (non-hydrogen) atoms. The van der Waals surface area contributed by atoms with E-state index in [1.165, 1.54) is 4.90 Å². The Balaban J connectivity index is 1.67. The zero-order valence-corrected chi connectivity index (χ0v) is 26.6. The van der Waals surface area contributed by atoms with Crippen LogP contribution in [0, 0.1) is 11.8 Å². The third-order valence-corrected chi connectivity index (χ3v) is 9.93. The number of amides is 3. The minimum absolute atomic E-state index is 0.148. The summed E-state index contributed by atoms with van der Waals surface area (Å²) < 4.78 is 12.4. The van der Waals surface area contributed by atoms with E-state index in [1.54, 1.807) is 53.3 Å². The summed E-state index contributed by atoms with van der Waals surface area (Å²) in [6.45, 7) is 12.4. The molecule has 9 heteroatoms. The summed E-state index contributed by atoms with van der Waals surface area (Å²) in [5.41, 5.74) is -0.812. The molecule has 5 rings (SSSR count). The van der Waals surface area contributed by atoms with Gasteiger partial charge >= 0.3 is 0 Å². The van der Waals surface area contributed by atoms with E-state index in [-0.39, 0.29) is 24.3 Å². The van der Waals surface area contributed by atoms with Gasteiger partial charge in [0, 0.05) is 25.3 Å². The molecule has 3 amide bonds. The molecular weight excluding hydrogens is 570 g/mol. The molecule has 3 saturated heterocycles. The van der Waals surface area contributed by atoms with Crippen LogP contribution in [-0.2, 0) is 19.1 Å². The first-order chi connectivity index (χ1) is 21.8. The molecule has 240 valence electrons. The molecule has 3 aliphatic heterocycles. The molecule has 0 aromatic heterocycles. The molecule has 2 unspecified atom stereocenters. The van der Waals surface area contributed by atoms with Crippen molar-refractivity contribution in [2.45, 2.75) is 62.8 Å². The molecule has 1 N–H and O–H groups in total. The lowest BCUT2D eigenvalue weighted by molar-refractivity contribution is -0.153. The predicted octanol–water partition coefficient (Wildman–Crippen LogP) is 4.53. The molecule has 0 saturated carbocycles. The van der Waals surface area contributed by atoms with E-state index >= 15 is 4.79 Å². The number of rotatable bonds is 14. The van der Waals surface area contributed by atoms with Crippen LogP contribution in [0.25, 0.3) is 0 Å². The van der Waals surface area contributed by atoms with Crippen LogP contribution in [0.5, 0.6) is 5.75 Å². The van der Waals surface area contributed by atoms with E-state index in [2.05, 4.69) is 13.2 Å². The van der Waals surface area contributed by atoms with Crippen molar-refractivity contribution in [3.05, 3.63) is 85.5 Å². The number of ether oxygens (including phenoxy) is 2. The van der Waals surface area contributed by atoms with Gasteiger partial charge in [-0.15, -0.1) is 13.2 Å². The minimum atomic E-state index is -1.25. The summed E-state index contributed by atoms with van der Waals surface area (Å²) in [4.78, 5) is 49.2. The van der Waals surface area contributed by atoms with Gasteiger partial charge in [0.1, 0.15) is 17.4 Å². The standard InChI is InChI=1S/C36H45N3O6/c1-6-21-37(22-7-2)32(41)29-30-33(42)39(28(24-40)25-13-11-10-12-14-25)31(36(30)20-19-35(29,9-4)45-36)34(43)38(23-8-3)26-15-17-27(44-5)18-16-26/h6,8,10-18,28-31,40H,1,3,7,9,19-24H2,2,4-5H3/t28-,29+,30+,31?,35-,36?/m1/s1. The van der Waals surface area contributed by atoms with Gasteiger partial charge in [-0.05, 0) is 55.5 Å². The number of aliphatic hydroxyl groups excluding tert-OH is 1. The lowest BCUT2D eigenvalue weighted by Gasteiger charge is -2.39. The van der Waals surface area contributed by atoms with Crippen LogP contribution >= 0.6 is 0 Å². The van der Waals surface area contributed by atoms with Crippen LogP contribution in [0.15, 0.2) is 79.9 Å². The van der Waals surface area contributed by atoms with Crippen molar-refractivity contribution in [2.24, 2.45) is 11.8 Å². The third kappa shape index (κ3) is 5.25. The van der Waals surface area contributed by atoms with Crippen LogP contribution in [0.3, 0.4) is 0 Å². The molecule has 6 atom stereocenters. The van der Waals surface area contributed by atoms with E-state index in [4.69, 9.17) is 9.47 Å². The molecule has 3 fully saturated rings. The zero-order chi connectivity index (χ0) is 32.4. The number of anilines is 1. The quantitative estimate of drug-likeness (QED) is 0.314.